The Bertz CT molecular complexity index is 476. The summed E-state index contributed by atoms with van der Waals surface area (Å²) in [5, 5.41) is 8.58. The first kappa shape index (κ1) is 15.8. The van der Waals surface area contributed by atoms with Crippen molar-refractivity contribution in [1.29, 1.82) is 0 Å². The van der Waals surface area contributed by atoms with E-state index in [1.165, 1.54) is 9.80 Å². The van der Waals surface area contributed by atoms with Gasteiger partial charge in [0.1, 0.15) is 5.75 Å². The van der Waals surface area contributed by atoms with Crippen LogP contribution in [0.2, 0.25) is 0 Å². The fraction of sp³-hybridized carbons (Fsp3) is 0.429. The molecule has 0 atom stereocenters. The van der Waals surface area contributed by atoms with Crippen LogP contribution in [-0.4, -0.2) is 49.8 Å². The van der Waals surface area contributed by atoms with Gasteiger partial charge in [0.25, 0.3) is 0 Å². The predicted molar refractivity (Wildman–Crippen MR) is 76.3 cm³/mol. The van der Waals surface area contributed by atoms with E-state index in [2.05, 4.69) is 0 Å². The predicted octanol–water partition coefficient (Wildman–Crippen LogP) is 2.05. The van der Waals surface area contributed by atoms with Crippen molar-refractivity contribution in [2.24, 2.45) is 0 Å². The summed E-state index contributed by atoms with van der Waals surface area (Å²) in [5.74, 6) is -0.178. The molecule has 0 heterocycles. The molecule has 0 fully saturated rings. The minimum atomic E-state index is -0.855. The van der Waals surface area contributed by atoms with E-state index in [0.29, 0.717) is 18.7 Å². The fourth-order valence-corrected chi connectivity index (χ4v) is 1.75. The Labute approximate surface area is 118 Å². The molecule has 110 valence electrons. The molecule has 1 aromatic carbocycles. The summed E-state index contributed by atoms with van der Waals surface area (Å²) in [6, 6.07) is 7.00. The largest absolute Gasteiger partial charge is 0.497 e. The third-order valence-electron chi connectivity index (χ3n) is 2.94. The number of benzene rings is 1. The summed E-state index contributed by atoms with van der Waals surface area (Å²) in [7, 11) is 4.89. The van der Waals surface area contributed by atoms with Gasteiger partial charge in [-0.05, 0) is 18.6 Å². The van der Waals surface area contributed by atoms with E-state index >= 15 is 0 Å². The molecule has 0 bridgehead atoms. The number of carbonyl (C=O) groups is 2. The summed E-state index contributed by atoms with van der Waals surface area (Å²) in [6.45, 7) is 0.402. The van der Waals surface area contributed by atoms with Gasteiger partial charge in [-0.3, -0.25) is 9.69 Å². The zero-order valence-electron chi connectivity index (χ0n) is 12.0. The Morgan fingerprint density at radius 1 is 1.30 bits per heavy atom. The van der Waals surface area contributed by atoms with Crippen molar-refractivity contribution in [3.05, 3.63) is 24.3 Å². The number of carbonyl (C=O) groups excluding carboxylic acids is 1. The van der Waals surface area contributed by atoms with E-state index in [0.717, 1.165) is 5.69 Å². The molecule has 0 aromatic heterocycles. The number of urea groups is 1. The van der Waals surface area contributed by atoms with Gasteiger partial charge < -0.3 is 14.7 Å². The number of carboxylic acids is 1. The molecular weight excluding hydrogens is 260 g/mol. The van der Waals surface area contributed by atoms with Gasteiger partial charge in [-0.25, -0.2) is 4.79 Å². The standard InChI is InChI=1S/C14H20N2O4/c1-15(9-5-8-13(17)18)14(19)16(2)11-6-4-7-12(10-11)20-3/h4,6-7,10H,5,8-9H2,1-3H3,(H,17,18). The molecule has 2 amide bonds. The number of rotatable bonds is 6. The second-order valence-corrected chi connectivity index (χ2v) is 4.46. The van der Waals surface area contributed by atoms with Gasteiger partial charge in [0, 0.05) is 38.8 Å². The number of hydrogen-bond acceptors (Lipinski definition) is 3. The number of ether oxygens (including phenoxy) is 1. The summed E-state index contributed by atoms with van der Waals surface area (Å²) in [5.41, 5.74) is 0.722. The number of methoxy groups -OCH3 is 1. The van der Waals surface area contributed by atoms with Crippen molar-refractivity contribution >= 4 is 17.7 Å². The lowest BCUT2D eigenvalue weighted by Crippen LogP contribution is -2.39. The molecule has 20 heavy (non-hydrogen) atoms. The van der Waals surface area contributed by atoms with Crippen LogP contribution in [0.25, 0.3) is 0 Å². The van der Waals surface area contributed by atoms with Crippen molar-refractivity contribution in [2.45, 2.75) is 12.8 Å². The van der Waals surface area contributed by atoms with E-state index < -0.39 is 5.97 Å². The number of hydrogen-bond donors (Lipinski definition) is 1. The van der Waals surface area contributed by atoms with Crippen molar-refractivity contribution in [1.82, 2.24) is 4.90 Å². The molecule has 1 aromatic rings. The monoisotopic (exact) mass is 280 g/mol. The van der Waals surface area contributed by atoms with Crippen LogP contribution in [0.1, 0.15) is 12.8 Å². The maximum absolute atomic E-state index is 12.2. The average molecular weight is 280 g/mol. The van der Waals surface area contributed by atoms with E-state index in [9.17, 15) is 9.59 Å². The first-order valence-electron chi connectivity index (χ1n) is 6.30. The van der Waals surface area contributed by atoms with E-state index in [4.69, 9.17) is 9.84 Å². The van der Waals surface area contributed by atoms with E-state index in [1.807, 2.05) is 12.1 Å². The maximum Gasteiger partial charge on any atom is 0.323 e. The summed E-state index contributed by atoms with van der Waals surface area (Å²) < 4.78 is 5.12. The Morgan fingerprint density at radius 3 is 2.60 bits per heavy atom. The molecule has 0 radical (unpaired) electrons. The zero-order valence-corrected chi connectivity index (χ0v) is 12.0. The molecule has 0 aliphatic carbocycles. The van der Waals surface area contributed by atoms with Crippen LogP contribution in [0, 0.1) is 0 Å². The Morgan fingerprint density at radius 2 is 2.00 bits per heavy atom. The number of anilines is 1. The number of amides is 2. The summed E-state index contributed by atoms with van der Waals surface area (Å²) in [4.78, 5) is 25.6. The van der Waals surface area contributed by atoms with Crippen molar-refractivity contribution in [3.8, 4) is 5.75 Å². The van der Waals surface area contributed by atoms with Crippen LogP contribution in [0.15, 0.2) is 24.3 Å². The molecule has 6 heteroatoms. The molecule has 0 aliphatic heterocycles. The normalized spacial score (nSPS) is 9.95. The third kappa shape index (κ3) is 4.46. The number of carboxylic acid groups (broad SMARTS) is 1. The Hall–Kier alpha value is -2.24. The molecule has 0 unspecified atom stereocenters. The SMILES string of the molecule is COc1cccc(N(C)C(=O)N(C)CCCC(=O)O)c1. The highest BCUT2D eigenvalue weighted by Gasteiger charge is 2.16. The van der Waals surface area contributed by atoms with Gasteiger partial charge in [0.15, 0.2) is 0 Å². The van der Waals surface area contributed by atoms with Crippen molar-refractivity contribution < 1.29 is 19.4 Å². The molecule has 0 saturated carbocycles. The second kappa shape index (κ2) is 7.37. The first-order chi connectivity index (χ1) is 9.45. The molecular formula is C14H20N2O4. The van der Waals surface area contributed by atoms with Gasteiger partial charge in [0.2, 0.25) is 0 Å². The smallest absolute Gasteiger partial charge is 0.323 e. The zero-order chi connectivity index (χ0) is 15.1. The molecule has 6 nitrogen and oxygen atoms in total. The van der Waals surface area contributed by atoms with Gasteiger partial charge in [-0.2, -0.15) is 0 Å². The fourth-order valence-electron chi connectivity index (χ4n) is 1.75. The van der Waals surface area contributed by atoms with E-state index in [-0.39, 0.29) is 12.5 Å². The van der Waals surface area contributed by atoms with E-state index in [1.54, 1.807) is 33.3 Å². The van der Waals surface area contributed by atoms with Crippen LogP contribution >= 0.6 is 0 Å². The van der Waals surface area contributed by atoms with Crippen LogP contribution < -0.4 is 9.64 Å². The average Bonchev–Trinajstić information content (AvgIpc) is 2.45. The lowest BCUT2D eigenvalue weighted by atomic mass is 10.3. The number of aliphatic carboxylic acids is 1. The minimum Gasteiger partial charge on any atom is -0.497 e. The van der Waals surface area contributed by atoms with Gasteiger partial charge in [-0.15, -0.1) is 0 Å². The molecule has 0 saturated heterocycles. The summed E-state index contributed by atoms with van der Waals surface area (Å²) in [6.07, 6.45) is 0.490. The van der Waals surface area contributed by atoms with Crippen molar-refractivity contribution in [3.63, 3.8) is 0 Å². The van der Waals surface area contributed by atoms with Crippen LogP contribution in [0.4, 0.5) is 10.5 Å². The molecule has 1 N–H and O–H groups in total. The lowest BCUT2D eigenvalue weighted by molar-refractivity contribution is -0.137. The van der Waals surface area contributed by atoms with Crippen LogP contribution in [0.5, 0.6) is 5.75 Å². The topological polar surface area (TPSA) is 70.1 Å². The summed E-state index contributed by atoms with van der Waals surface area (Å²) >= 11 is 0. The molecule has 1 rings (SSSR count). The highest BCUT2D eigenvalue weighted by molar-refractivity contribution is 5.91. The Balaban J connectivity index is 2.62. The minimum absolute atomic E-state index is 0.0560. The molecule has 0 aliphatic rings. The quantitative estimate of drug-likeness (QED) is 0.865. The second-order valence-electron chi connectivity index (χ2n) is 4.46. The lowest BCUT2D eigenvalue weighted by Gasteiger charge is -2.25. The molecule has 0 spiro atoms. The van der Waals surface area contributed by atoms with Crippen molar-refractivity contribution in [2.75, 3.05) is 32.6 Å². The van der Waals surface area contributed by atoms with Gasteiger partial charge >= 0.3 is 12.0 Å². The Kier molecular flexibility index (Phi) is 5.83. The van der Waals surface area contributed by atoms with Gasteiger partial charge in [-0.1, -0.05) is 6.07 Å². The maximum atomic E-state index is 12.2. The highest BCUT2D eigenvalue weighted by Crippen LogP contribution is 2.20. The highest BCUT2D eigenvalue weighted by atomic mass is 16.5. The van der Waals surface area contributed by atoms with Crippen LogP contribution in [0.3, 0.4) is 0 Å². The first-order valence-corrected chi connectivity index (χ1v) is 6.30. The van der Waals surface area contributed by atoms with Gasteiger partial charge in [0.05, 0.1) is 7.11 Å². The number of nitrogens with zero attached hydrogens (tertiary/aromatic N) is 2. The van der Waals surface area contributed by atoms with Crippen LogP contribution in [-0.2, 0) is 4.79 Å². The third-order valence-corrected chi connectivity index (χ3v) is 2.94.